The van der Waals surface area contributed by atoms with E-state index < -0.39 is 17.8 Å². The molecule has 19 heavy (non-hydrogen) atoms. The van der Waals surface area contributed by atoms with Crippen LogP contribution in [0.5, 0.6) is 0 Å². The summed E-state index contributed by atoms with van der Waals surface area (Å²) in [7, 11) is 1.47. The Morgan fingerprint density at radius 1 is 1.47 bits per heavy atom. The average Bonchev–Trinajstić information content (AvgIpc) is 2.39. The van der Waals surface area contributed by atoms with Crippen molar-refractivity contribution in [3.63, 3.8) is 0 Å². The first-order chi connectivity index (χ1) is 8.99. The van der Waals surface area contributed by atoms with Crippen molar-refractivity contribution in [2.45, 2.75) is 19.9 Å². The van der Waals surface area contributed by atoms with Gasteiger partial charge in [0.25, 0.3) is 5.91 Å². The Morgan fingerprint density at radius 3 is 2.74 bits per heavy atom. The number of carbonyl (C=O) groups is 2. The van der Waals surface area contributed by atoms with E-state index in [-0.39, 0.29) is 17.3 Å². The lowest BCUT2D eigenvalue weighted by Crippen LogP contribution is -2.43. The molecule has 1 aromatic rings. The molecule has 7 heteroatoms. The number of anilines is 1. The second kappa shape index (κ2) is 6.67. The molecule has 3 N–H and O–H groups in total. The first-order valence-electron chi connectivity index (χ1n) is 5.91. The molecule has 0 saturated heterocycles. The lowest BCUT2D eigenvalue weighted by Gasteiger charge is -2.14. The molecule has 104 valence electrons. The summed E-state index contributed by atoms with van der Waals surface area (Å²) in [5.74, 6) is -1.22. The van der Waals surface area contributed by atoms with Gasteiger partial charge in [-0.25, -0.2) is 9.37 Å². The minimum atomic E-state index is -0.713. The van der Waals surface area contributed by atoms with Gasteiger partial charge in [0.15, 0.2) is 0 Å². The van der Waals surface area contributed by atoms with Crippen LogP contribution in [0, 0.1) is 5.82 Å². The average molecular weight is 268 g/mol. The van der Waals surface area contributed by atoms with Crippen LogP contribution in [0.3, 0.4) is 0 Å². The van der Waals surface area contributed by atoms with Crippen molar-refractivity contribution in [3.05, 3.63) is 23.6 Å². The smallest absolute Gasteiger partial charge is 0.255 e. The summed E-state index contributed by atoms with van der Waals surface area (Å²) in [6, 6.07) is 0.368. The van der Waals surface area contributed by atoms with Crippen LogP contribution in [0.15, 0.2) is 12.3 Å². The Labute approximate surface area is 110 Å². The maximum absolute atomic E-state index is 13.2. The van der Waals surface area contributed by atoms with Crippen LogP contribution in [-0.4, -0.2) is 36.4 Å². The van der Waals surface area contributed by atoms with Crippen molar-refractivity contribution >= 4 is 17.6 Å². The van der Waals surface area contributed by atoms with Gasteiger partial charge in [-0.05, 0) is 19.9 Å². The molecule has 2 amide bonds. The number of likely N-dealkylation sites (N-methyl/N-ethyl adjacent to an activating group) is 1. The maximum Gasteiger partial charge on any atom is 0.255 e. The number of amides is 2. The van der Waals surface area contributed by atoms with Crippen molar-refractivity contribution in [3.8, 4) is 0 Å². The molecule has 0 aliphatic carbocycles. The predicted octanol–water partition coefficient (Wildman–Crippen LogP) is 0.517. The number of carbonyl (C=O) groups excluding carboxylic acids is 2. The molecule has 0 bridgehead atoms. The van der Waals surface area contributed by atoms with E-state index in [2.05, 4.69) is 20.9 Å². The molecule has 0 fully saturated rings. The number of rotatable bonds is 5. The van der Waals surface area contributed by atoms with Gasteiger partial charge in [-0.2, -0.15) is 0 Å². The number of hydrogen-bond acceptors (Lipinski definition) is 4. The standard InChI is InChI=1S/C12H17FN4O2/c1-4-15-10-9(5-8(13)6-16-10)12(19)17-7(2)11(18)14-3/h5-7H,4H2,1-3H3,(H,14,18)(H,15,16)(H,17,19). The predicted molar refractivity (Wildman–Crippen MR) is 69.4 cm³/mol. The fourth-order valence-corrected chi connectivity index (χ4v) is 1.48. The molecule has 1 aromatic heterocycles. The Hall–Kier alpha value is -2.18. The van der Waals surface area contributed by atoms with Gasteiger partial charge in [0.1, 0.15) is 17.7 Å². The van der Waals surface area contributed by atoms with Gasteiger partial charge in [0.2, 0.25) is 5.91 Å². The molecule has 1 rings (SSSR count). The van der Waals surface area contributed by atoms with E-state index in [1.165, 1.54) is 14.0 Å². The van der Waals surface area contributed by atoms with Crippen molar-refractivity contribution in [2.75, 3.05) is 18.9 Å². The van der Waals surface area contributed by atoms with E-state index in [9.17, 15) is 14.0 Å². The van der Waals surface area contributed by atoms with Crippen molar-refractivity contribution in [1.82, 2.24) is 15.6 Å². The number of pyridine rings is 1. The topological polar surface area (TPSA) is 83.1 Å². The van der Waals surface area contributed by atoms with Gasteiger partial charge < -0.3 is 16.0 Å². The summed E-state index contributed by atoms with van der Waals surface area (Å²) in [5, 5.41) is 7.75. The fraction of sp³-hybridized carbons (Fsp3) is 0.417. The molecule has 1 heterocycles. The van der Waals surface area contributed by atoms with E-state index in [0.29, 0.717) is 6.54 Å². The Morgan fingerprint density at radius 2 is 2.16 bits per heavy atom. The Kier molecular flexibility index (Phi) is 5.23. The number of nitrogens with one attached hydrogen (secondary N) is 3. The van der Waals surface area contributed by atoms with Crippen LogP contribution in [0.1, 0.15) is 24.2 Å². The van der Waals surface area contributed by atoms with E-state index in [0.717, 1.165) is 12.3 Å². The highest BCUT2D eigenvalue weighted by atomic mass is 19.1. The number of nitrogens with zero attached hydrogens (tertiary/aromatic N) is 1. The minimum absolute atomic E-state index is 0.0672. The molecule has 0 spiro atoms. The number of aromatic nitrogens is 1. The Bertz CT molecular complexity index is 479. The first kappa shape index (κ1) is 14.9. The fourth-order valence-electron chi connectivity index (χ4n) is 1.48. The van der Waals surface area contributed by atoms with Crippen LogP contribution < -0.4 is 16.0 Å². The van der Waals surface area contributed by atoms with Gasteiger partial charge in [0.05, 0.1) is 11.8 Å². The lowest BCUT2D eigenvalue weighted by molar-refractivity contribution is -0.122. The molecule has 0 aliphatic rings. The van der Waals surface area contributed by atoms with Gasteiger partial charge in [-0.3, -0.25) is 9.59 Å². The van der Waals surface area contributed by atoms with Crippen molar-refractivity contribution < 1.29 is 14.0 Å². The van der Waals surface area contributed by atoms with Gasteiger partial charge in [-0.15, -0.1) is 0 Å². The molecular formula is C12H17FN4O2. The van der Waals surface area contributed by atoms with Crippen molar-refractivity contribution in [1.29, 1.82) is 0 Å². The lowest BCUT2D eigenvalue weighted by atomic mass is 10.2. The third-order valence-corrected chi connectivity index (χ3v) is 2.43. The maximum atomic E-state index is 13.2. The van der Waals surface area contributed by atoms with Crippen LogP contribution in [-0.2, 0) is 4.79 Å². The van der Waals surface area contributed by atoms with E-state index in [1.807, 2.05) is 6.92 Å². The Balaban J connectivity index is 2.92. The quantitative estimate of drug-likeness (QED) is 0.727. The van der Waals surface area contributed by atoms with Gasteiger partial charge >= 0.3 is 0 Å². The zero-order chi connectivity index (χ0) is 14.4. The normalized spacial score (nSPS) is 11.6. The molecular weight excluding hydrogens is 251 g/mol. The second-order valence-electron chi connectivity index (χ2n) is 3.89. The highest BCUT2D eigenvalue weighted by Gasteiger charge is 2.18. The molecule has 0 radical (unpaired) electrons. The van der Waals surface area contributed by atoms with E-state index in [4.69, 9.17) is 0 Å². The zero-order valence-corrected chi connectivity index (χ0v) is 11.1. The molecule has 1 unspecified atom stereocenters. The summed E-state index contributed by atoms with van der Waals surface area (Å²) in [4.78, 5) is 27.1. The summed E-state index contributed by atoms with van der Waals surface area (Å²) >= 11 is 0. The number of halogens is 1. The minimum Gasteiger partial charge on any atom is -0.370 e. The monoisotopic (exact) mass is 268 g/mol. The summed E-state index contributed by atoms with van der Waals surface area (Å²) in [5.41, 5.74) is 0.0672. The van der Waals surface area contributed by atoms with Gasteiger partial charge in [-0.1, -0.05) is 0 Å². The van der Waals surface area contributed by atoms with Crippen molar-refractivity contribution in [2.24, 2.45) is 0 Å². The molecule has 0 aromatic carbocycles. The third-order valence-electron chi connectivity index (χ3n) is 2.43. The zero-order valence-electron chi connectivity index (χ0n) is 11.1. The largest absolute Gasteiger partial charge is 0.370 e. The summed E-state index contributed by atoms with van der Waals surface area (Å²) in [6.45, 7) is 3.92. The highest BCUT2D eigenvalue weighted by molar-refractivity contribution is 6.01. The van der Waals surface area contributed by atoms with Crippen LogP contribution in [0.4, 0.5) is 10.2 Å². The summed E-state index contributed by atoms with van der Waals surface area (Å²) < 4.78 is 13.2. The molecule has 0 aliphatic heterocycles. The van der Waals surface area contributed by atoms with Crippen LogP contribution in [0.25, 0.3) is 0 Å². The van der Waals surface area contributed by atoms with Crippen LogP contribution >= 0.6 is 0 Å². The highest BCUT2D eigenvalue weighted by Crippen LogP contribution is 2.13. The number of hydrogen-bond donors (Lipinski definition) is 3. The molecule has 6 nitrogen and oxygen atoms in total. The molecule has 1 atom stereocenters. The van der Waals surface area contributed by atoms with Crippen LogP contribution in [0.2, 0.25) is 0 Å². The second-order valence-corrected chi connectivity index (χ2v) is 3.89. The third kappa shape index (κ3) is 3.90. The SMILES string of the molecule is CCNc1ncc(F)cc1C(=O)NC(C)C(=O)NC. The van der Waals surface area contributed by atoms with E-state index >= 15 is 0 Å². The van der Waals surface area contributed by atoms with Gasteiger partial charge in [0, 0.05) is 13.6 Å². The first-order valence-corrected chi connectivity index (χ1v) is 5.91. The molecule has 0 saturated carbocycles. The van der Waals surface area contributed by atoms with E-state index in [1.54, 1.807) is 0 Å². The summed E-state index contributed by atoms with van der Waals surface area (Å²) in [6.07, 6.45) is 1.02.